The molecule has 0 atom stereocenters. The van der Waals surface area contributed by atoms with Crippen molar-refractivity contribution in [2.24, 2.45) is 0 Å². The second-order valence-corrected chi connectivity index (χ2v) is 10.1. The second kappa shape index (κ2) is 9.77. The van der Waals surface area contributed by atoms with Gasteiger partial charge in [0.2, 0.25) is 15.9 Å². The third-order valence-electron chi connectivity index (χ3n) is 4.28. The minimum atomic E-state index is -3.69. The molecule has 8 nitrogen and oxygen atoms in total. The Balaban J connectivity index is 1.77. The zero-order valence-electron chi connectivity index (χ0n) is 17.0. The van der Waals surface area contributed by atoms with Gasteiger partial charge in [-0.25, -0.2) is 13.2 Å². The molecule has 1 N–H and O–H groups in total. The van der Waals surface area contributed by atoms with Crippen LogP contribution < -0.4 is 5.32 Å². The number of hydrogen-bond donors (Lipinski definition) is 1. The lowest BCUT2D eigenvalue weighted by atomic mass is 10.2. The highest BCUT2D eigenvalue weighted by molar-refractivity contribution is 7.89. The number of carbonyl (C=O) groups is 2. The molecule has 0 radical (unpaired) electrons. The maximum Gasteiger partial charge on any atom is 0.407 e. The van der Waals surface area contributed by atoms with Gasteiger partial charge in [0.15, 0.2) is 0 Å². The van der Waals surface area contributed by atoms with Crippen LogP contribution in [0.1, 0.15) is 33.6 Å². The second-order valence-electron chi connectivity index (χ2n) is 7.75. The molecule has 0 spiro atoms. The van der Waals surface area contributed by atoms with Crippen LogP contribution in [0.5, 0.6) is 0 Å². The minimum absolute atomic E-state index is 0.0641. The molecule has 1 aromatic rings. The molecule has 162 valence electrons. The number of amides is 2. The minimum Gasteiger partial charge on any atom is -0.444 e. The molecular formula is C19H28ClN3O5S. The lowest BCUT2D eigenvalue weighted by Gasteiger charge is -2.34. The van der Waals surface area contributed by atoms with Gasteiger partial charge in [-0.3, -0.25) is 4.79 Å². The zero-order valence-corrected chi connectivity index (χ0v) is 18.6. The largest absolute Gasteiger partial charge is 0.444 e. The lowest BCUT2D eigenvalue weighted by molar-refractivity contribution is -0.132. The van der Waals surface area contributed by atoms with Gasteiger partial charge in [-0.15, -0.1) is 0 Å². The topological polar surface area (TPSA) is 96.0 Å². The Kier molecular flexibility index (Phi) is 7.90. The van der Waals surface area contributed by atoms with E-state index in [-0.39, 0.29) is 35.3 Å². The van der Waals surface area contributed by atoms with Crippen molar-refractivity contribution in [1.29, 1.82) is 0 Å². The van der Waals surface area contributed by atoms with Crippen molar-refractivity contribution in [3.8, 4) is 0 Å². The van der Waals surface area contributed by atoms with E-state index >= 15 is 0 Å². The fourth-order valence-electron chi connectivity index (χ4n) is 2.87. The van der Waals surface area contributed by atoms with Crippen LogP contribution in [0.4, 0.5) is 4.79 Å². The maximum absolute atomic E-state index is 12.7. The van der Waals surface area contributed by atoms with Crippen LogP contribution in [0, 0.1) is 0 Å². The summed E-state index contributed by atoms with van der Waals surface area (Å²) in [5, 5.41) is 2.80. The highest BCUT2D eigenvalue weighted by Gasteiger charge is 2.31. The fraction of sp³-hybridized carbons (Fsp3) is 0.579. The van der Waals surface area contributed by atoms with Crippen molar-refractivity contribution in [3.05, 3.63) is 29.3 Å². The van der Waals surface area contributed by atoms with Gasteiger partial charge in [0.1, 0.15) is 10.5 Å². The number of sulfonamides is 1. The van der Waals surface area contributed by atoms with Gasteiger partial charge in [-0.2, -0.15) is 4.31 Å². The molecule has 0 bridgehead atoms. The molecule has 1 aromatic carbocycles. The summed E-state index contributed by atoms with van der Waals surface area (Å²) in [5.74, 6) is -0.0641. The predicted molar refractivity (Wildman–Crippen MR) is 110 cm³/mol. The van der Waals surface area contributed by atoms with Gasteiger partial charge in [-0.1, -0.05) is 23.7 Å². The van der Waals surface area contributed by atoms with Crippen molar-refractivity contribution < 1.29 is 22.7 Å². The van der Waals surface area contributed by atoms with Crippen molar-refractivity contribution in [2.75, 3.05) is 32.7 Å². The number of alkyl carbamates (subject to hydrolysis) is 1. The van der Waals surface area contributed by atoms with Crippen LogP contribution in [0.15, 0.2) is 29.2 Å². The first-order chi connectivity index (χ1) is 13.5. The van der Waals surface area contributed by atoms with Crippen LogP contribution in [0.25, 0.3) is 0 Å². The maximum atomic E-state index is 12.7. The quantitative estimate of drug-likeness (QED) is 0.678. The Morgan fingerprint density at radius 1 is 1.14 bits per heavy atom. The Hall–Kier alpha value is -1.84. The summed E-state index contributed by atoms with van der Waals surface area (Å²) in [6, 6.07) is 6.33. The van der Waals surface area contributed by atoms with E-state index in [1.54, 1.807) is 43.9 Å². The number of nitrogens with one attached hydrogen (secondary N) is 1. The Morgan fingerprint density at radius 3 is 2.34 bits per heavy atom. The summed E-state index contributed by atoms with van der Waals surface area (Å²) in [5.41, 5.74) is -0.566. The van der Waals surface area contributed by atoms with Crippen molar-refractivity contribution in [2.45, 2.75) is 44.1 Å². The first-order valence-corrected chi connectivity index (χ1v) is 11.3. The summed E-state index contributed by atoms with van der Waals surface area (Å²) in [6.45, 7) is 6.75. The van der Waals surface area contributed by atoms with E-state index in [1.165, 1.54) is 10.4 Å². The van der Waals surface area contributed by atoms with Crippen LogP contribution >= 0.6 is 11.6 Å². The molecule has 0 unspecified atom stereocenters. The van der Waals surface area contributed by atoms with Gasteiger partial charge in [0, 0.05) is 39.1 Å². The van der Waals surface area contributed by atoms with E-state index in [4.69, 9.17) is 16.3 Å². The number of carbonyl (C=O) groups excluding carboxylic acids is 2. The number of piperazine rings is 1. The van der Waals surface area contributed by atoms with Crippen molar-refractivity contribution >= 4 is 33.6 Å². The number of benzene rings is 1. The van der Waals surface area contributed by atoms with Gasteiger partial charge in [0.05, 0.1) is 5.02 Å². The normalized spacial score (nSPS) is 15.8. The van der Waals surface area contributed by atoms with Crippen molar-refractivity contribution in [3.63, 3.8) is 0 Å². The molecule has 2 rings (SSSR count). The van der Waals surface area contributed by atoms with Crippen LogP contribution in [0.2, 0.25) is 5.02 Å². The first kappa shape index (κ1) is 23.4. The molecule has 1 aliphatic rings. The number of halogens is 1. The zero-order chi connectivity index (χ0) is 21.7. The van der Waals surface area contributed by atoms with E-state index in [0.717, 1.165) is 0 Å². The van der Waals surface area contributed by atoms with Crippen LogP contribution in [0.3, 0.4) is 0 Å². The predicted octanol–water partition coefficient (Wildman–Crippen LogP) is 2.48. The van der Waals surface area contributed by atoms with E-state index in [2.05, 4.69) is 5.32 Å². The molecule has 1 aliphatic heterocycles. The molecule has 1 fully saturated rings. The number of hydrogen-bond acceptors (Lipinski definition) is 5. The van der Waals surface area contributed by atoms with Gasteiger partial charge >= 0.3 is 6.09 Å². The summed E-state index contributed by atoms with van der Waals surface area (Å²) in [4.78, 5) is 25.6. The molecule has 29 heavy (non-hydrogen) atoms. The fourth-order valence-corrected chi connectivity index (χ4v) is 4.79. The monoisotopic (exact) mass is 445 g/mol. The average molecular weight is 446 g/mol. The molecular weight excluding hydrogens is 418 g/mol. The number of ether oxygens (including phenoxy) is 1. The molecule has 0 aromatic heterocycles. The highest BCUT2D eigenvalue weighted by Crippen LogP contribution is 2.25. The lowest BCUT2D eigenvalue weighted by Crippen LogP contribution is -2.50. The molecule has 1 heterocycles. The molecule has 0 saturated carbocycles. The summed E-state index contributed by atoms with van der Waals surface area (Å²) < 4.78 is 32.0. The van der Waals surface area contributed by atoms with Crippen molar-refractivity contribution in [1.82, 2.24) is 14.5 Å². The Labute approximate surface area is 177 Å². The summed E-state index contributed by atoms with van der Waals surface area (Å²) >= 11 is 6.03. The van der Waals surface area contributed by atoms with Gasteiger partial charge < -0.3 is 15.0 Å². The van der Waals surface area contributed by atoms with E-state index in [1.807, 2.05) is 0 Å². The van der Waals surface area contributed by atoms with E-state index in [9.17, 15) is 18.0 Å². The molecule has 10 heteroatoms. The summed E-state index contributed by atoms with van der Waals surface area (Å²) in [7, 11) is -3.69. The van der Waals surface area contributed by atoms with Gasteiger partial charge in [-0.05, 0) is 39.3 Å². The Morgan fingerprint density at radius 2 is 1.76 bits per heavy atom. The third kappa shape index (κ3) is 6.87. The molecule has 0 aliphatic carbocycles. The Bertz CT molecular complexity index is 830. The highest BCUT2D eigenvalue weighted by atomic mass is 35.5. The SMILES string of the molecule is CC(C)(C)OC(=O)NCCCC(=O)N1CCN(S(=O)(=O)c2ccccc2Cl)CC1. The van der Waals surface area contributed by atoms with Gasteiger partial charge in [0.25, 0.3) is 0 Å². The first-order valence-electron chi connectivity index (χ1n) is 9.50. The van der Waals surface area contributed by atoms with E-state index in [0.29, 0.717) is 26.1 Å². The number of rotatable bonds is 6. The molecule has 1 saturated heterocycles. The van der Waals surface area contributed by atoms with Crippen LogP contribution in [-0.4, -0.2) is 67.9 Å². The number of nitrogens with zero attached hydrogens (tertiary/aromatic N) is 2. The third-order valence-corrected chi connectivity index (χ3v) is 6.68. The molecule has 2 amide bonds. The smallest absolute Gasteiger partial charge is 0.407 e. The van der Waals surface area contributed by atoms with E-state index < -0.39 is 21.7 Å². The average Bonchev–Trinajstić information content (AvgIpc) is 2.64. The standard InChI is InChI=1S/C19H28ClN3O5S/c1-19(2,3)28-18(25)21-10-6-9-17(24)22-11-13-23(14-12-22)29(26,27)16-8-5-4-7-15(16)20/h4-5,7-8H,6,9-14H2,1-3H3,(H,21,25). The summed E-state index contributed by atoms with van der Waals surface area (Å²) in [6.07, 6.45) is 0.242. The van der Waals surface area contributed by atoms with Crippen LogP contribution in [-0.2, 0) is 19.6 Å².